The van der Waals surface area contributed by atoms with E-state index < -0.39 is 15.2 Å². The number of carbonyl (C=O) groups excluding carboxylic acids is 1. The monoisotopic (exact) mass is 503 g/mol. The predicted molar refractivity (Wildman–Crippen MR) is 117 cm³/mol. The molecule has 27 heavy (non-hydrogen) atoms. The topological polar surface area (TPSA) is 91.1 Å². The first kappa shape index (κ1) is 20.6. The van der Waals surface area contributed by atoms with E-state index in [-0.39, 0.29) is 18.0 Å². The lowest BCUT2D eigenvalue weighted by Gasteiger charge is -2.32. The van der Waals surface area contributed by atoms with Crippen LogP contribution in [-0.4, -0.2) is 43.0 Å². The van der Waals surface area contributed by atoms with Gasteiger partial charge in [-0.2, -0.15) is 0 Å². The molecule has 1 amide bonds. The Labute approximate surface area is 173 Å². The molecule has 0 spiro atoms. The molecule has 1 unspecified atom stereocenters. The highest BCUT2D eigenvalue weighted by molar-refractivity contribution is 14.1. The van der Waals surface area contributed by atoms with E-state index in [0.717, 1.165) is 40.2 Å². The van der Waals surface area contributed by atoms with E-state index in [0.29, 0.717) is 12.0 Å². The molecule has 3 N–H and O–H groups in total. The van der Waals surface area contributed by atoms with Gasteiger partial charge in [-0.25, -0.2) is 8.42 Å². The fourth-order valence-corrected chi connectivity index (χ4v) is 5.48. The standard InChI is InChI=1S/C19H26IN3O3S/c1-3-17(27(2,25)26)22-14-4-6-15(7-5-14)23-19(24)16-11-13(20)10-12-8-9-21-18(12)16/h8-11,14-15,17,21-22H,3-7H2,1-2H3,(H,23,24). The Hall–Kier alpha value is -1.13. The molecule has 1 aromatic heterocycles. The minimum absolute atomic E-state index is 0.0556. The van der Waals surface area contributed by atoms with Crippen LogP contribution in [0.1, 0.15) is 49.4 Å². The van der Waals surface area contributed by atoms with E-state index in [1.165, 1.54) is 6.26 Å². The van der Waals surface area contributed by atoms with Crippen molar-refractivity contribution in [3.05, 3.63) is 33.5 Å². The average molecular weight is 503 g/mol. The number of rotatable bonds is 6. The zero-order valence-corrected chi connectivity index (χ0v) is 18.6. The molecule has 1 aliphatic rings. The van der Waals surface area contributed by atoms with Crippen LogP contribution in [0.3, 0.4) is 0 Å². The number of halogens is 1. The molecule has 0 bridgehead atoms. The van der Waals surface area contributed by atoms with Gasteiger partial charge in [0.1, 0.15) is 5.37 Å². The van der Waals surface area contributed by atoms with E-state index in [4.69, 9.17) is 0 Å². The summed E-state index contributed by atoms with van der Waals surface area (Å²) in [7, 11) is -3.09. The summed E-state index contributed by atoms with van der Waals surface area (Å²) < 4.78 is 24.6. The van der Waals surface area contributed by atoms with Crippen LogP contribution < -0.4 is 10.6 Å². The van der Waals surface area contributed by atoms with Crippen molar-refractivity contribution in [2.24, 2.45) is 0 Å². The number of fused-ring (bicyclic) bond motifs is 1. The molecular weight excluding hydrogens is 477 g/mol. The lowest BCUT2D eigenvalue weighted by Crippen LogP contribution is -2.47. The van der Waals surface area contributed by atoms with Gasteiger partial charge >= 0.3 is 0 Å². The van der Waals surface area contributed by atoms with Crippen LogP contribution in [0.2, 0.25) is 0 Å². The molecule has 3 rings (SSSR count). The summed E-state index contributed by atoms with van der Waals surface area (Å²) in [4.78, 5) is 15.9. The number of carbonyl (C=O) groups is 1. The number of H-pyrrole nitrogens is 1. The summed E-state index contributed by atoms with van der Waals surface area (Å²) in [6.45, 7) is 1.88. The maximum absolute atomic E-state index is 12.8. The number of benzene rings is 1. The largest absolute Gasteiger partial charge is 0.361 e. The zero-order valence-electron chi connectivity index (χ0n) is 15.6. The van der Waals surface area contributed by atoms with Crippen molar-refractivity contribution >= 4 is 49.2 Å². The van der Waals surface area contributed by atoms with Gasteiger partial charge in [0, 0.05) is 33.5 Å². The van der Waals surface area contributed by atoms with Gasteiger partial charge in [-0.15, -0.1) is 0 Å². The molecule has 0 radical (unpaired) electrons. The SMILES string of the molecule is CCC(NC1CCC(NC(=O)c2cc(I)cc3cc[nH]c23)CC1)S(C)(=O)=O. The summed E-state index contributed by atoms with van der Waals surface area (Å²) in [5, 5.41) is 6.98. The van der Waals surface area contributed by atoms with Crippen LogP contribution in [-0.2, 0) is 9.84 Å². The molecule has 1 aromatic carbocycles. The van der Waals surface area contributed by atoms with Crippen LogP contribution in [0.15, 0.2) is 24.4 Å². The molecule has 1 atom stereocenters. The third-order valence-corrected chi connectivity index (χ3v) is 7.37. The number of amides is 1. The molecule has 8 heteroatoms. The smallest absolute Gasteiger partial charge is 0.253 e. The van der Waals surface area contributed by atoms with Gasteiger partial charge in [0.25, 0.3) is 5.91 Å². The minimum Gasteiger partial charge on any atom is -0.361 e. The lowest BCUT2D eigenvalue weighted by atomic mass is 9.91. The first-order valence-corrected chi connectivity index (χ1v) is 12.3. The van der Waals surface area contributed by atoms with Crippen molar-refractivity contribution in [2.75, 3.05) is 6.26 Å². The summed E-state index contributed by atoms with van der Waals surface area (Å²) in [5.41, 5.74) is 1.53. The van der Waals surface area contributed by atoms with Gasteiger partial charge < -0.3 is 10.3 Å². The molecule has 1 heterocycles. The van der Waals surface area contributed by atoms with Gasteiger partial charge in [-0.3, -0.25) is 10.1 Å². The van der Waals surface area contributed by atoms with Crippen molar-refractivity contribution in [2.45, 2.75) is 56.5 Å². The number of aromatic nitrogens is 1. The summed E-state index contributed by atoms with van der Waals surface area (Å²) in [6, 6.07) is 6.23. The van der Waals surface area contributed by atoms with Gasteiger partial charge in [0.15, 0.2) is 9.84 Å². The first-order valence-electron chi connectivity index (χ1n) is 9.30. The molecule has 1 saturated carbocycles. The Morgan fingerprint density at radius 1 is 1.26 bits per heavy atom. The highest BCUT2D eigenvalue weighted by Crippen LogP contribution is 2.24. The second-order valence-corrected chi connectivity index (χ2v) is 10.8. The highest BCUT2D eigenvalue weighted by Gasteiger charge is 2.27. The van der Waals surface area contributed by atoms with E-state index in [9.17, 15) is 13.2 Å². The number of hydrogen-bond donors (Lipinski definition) is 3. The van der Waals surface area contributed by atoms with Crippen LogP contribution in [0.25, 0.3) is 10.9 Å². The average Bonchev–Trinajstić information content (AvgIpc) is 3.07. The van der Waals surface area contributed by atoms with Crippen molar-refractivity contribution in [3.63, 3.8) is 0 Å². The quantitative estimate of drug-likeness (QED) is 0.529. The number of hydrogen-bond acceptors (Lipinski definition) is 4. The van der Waals surface area contributed by atoms with Crippen molar-refractivity contribution < 1.29 is 13.2 Å². The zero-order chi connectivity index (χ0) is 19.6. The van der Waals surface area contributed by atoms with E-state index in [1.54, 1.807) is 0 Å². The Bertz CT molecular complexity index is 917. The Morgan fingerprint density at radius 3 is 2.56 bits per heavy atom. The molecule has 0 saturated heterocycles. The third kappa shape index (κ3) is 5.03. The maximum atomic E-state index is 12.8. The minimum atomic E-state index is -3.09. The molecule has 0 aliphatic heterocycles. The van der Waals surface area contributed by atoms with E-state index in [1.807, 2.05) is 31.3 Å². The molecule has 6 nitrogen and oxygen atoms in total. The molecule has 2 aromatic rings. The Balaban J connectivity index is 1.59. The van der Waals surface area contributed by atoms with Crippen LogP contribution in [0, 0.1) is 3.57 Å². The van der Waals surface area contributed by atoms with Crippen LogP contribution >= 0.6 is 22.6 Å². The van der Waals surface area contributed by atoms with Gasteiger partial charge in [-0.1, -0.05) is 6.92 Å². The normalized spacial score (nSPS) is 21.9. The molecule has 1 fully saturated rings. The summed E-state index contributed by atoms with van der Waals surface area (Å²) >= 11 is 2.23. The van der Waals surface area contributed by atoms with E-state index in [2.05, 4.69) is 38.2 Å². The van der Waals surface area contributed by atoms with Gasteiger partial charge in [-0.05, 0) is 72.9 Å². The Morgan fingerprint density at radius 2 is 1.93 bits per heavy atom. The molecule has 148 valence electrons. The Kier molecular flexibility index (Phi) is 6.47. The lowest BCUT2D eigenvalue weighted by molar-refractivity contribution is 0.0925. The van der Waals surface area contributed by atoms with Gasteiger partial charge in [0.2, 0.25) is 0 Å². The predicted octanol–water partition coefficient (Wildman–Crippen LogP) is 3.18. The van der Waals surface area contributed by atoms with Crippen molar-refractivity contribution in [3.8, 4) is 0 Å². The molecular formula is C19H26IN3O3S. The first-order chi connectivity index (χ1) is 12.8. The van der Waals surface area contributed by atoms with Crippen LogP contribution in [0.4, 0.5) is 0 Å². The highest BCUT2D eigenvalue weighted by atomic mass is 127. The fraction of sp³-hybridized carbons (Fsp3) is 0.526. The number of nitrogens with one attached hydrogen (secondary N) is 3. The summed E-state index contributed by atoms with van der Waals surface area (Å²) in [6.07, 6.45) is 7.11. The number of aromatic amines is 1. The van der Waals surface area contributed by atoms with E-state index >= 15 is 0 Å². The maximum Gasteiger partial charge on any atom is 0.253 e. The van der Waals surface area contributed by atoms with Crippen molar-refractivity contribution in [1.82, 2.24) is 15.6 Å². The van der Waals surface area contributed by atoms with Crippen LogP contribution in [0.5, 0.6) is 0 Å². The van der Waals surface area contributed by atoms with Gasteiger partial charge in [0.05, 0.1) is 11.1 Å². The summed E-state index contributed by atoms with van der Waals surface area (Å²) in [5.74, 6) is -0.0556. The van der Waals surface area contributed by atoms with Crippen molar-refractivity contribution in [1.29, 1.82) is 0 Å². The molecule has 1 aliphatic carbocycles. The second kappa shape index (κ2) is 8.48. The second-order valence-electron chi connectivity index (χ2n) is 7.31. The fourth-order valence-electron chi connectivity index (χ4n) is 3.79. The number of sulfone groups is 1. The third-order valence-electron chi connectivity index (χ3n) is 5.24.